The van der Waals surface area contributed by atoms with Gasteiger partial charge in [0.15, 0.2) is 11.0 Å². The number of anilines is 1. The number of carbonyl (C=O) groups is 2. The highest BCUT2D eigenvalue weighted by Gasteiger charge is 2.26. The second-order valence-corrected chi connectivity index (χ2v) is 11.2. The molecule has 36 heavy (non-hydrogen) atoms. The van der Waals surface area contributed by atoms with Crippen LogP contribution in [0.25, 0.3) is 0 Å². The predicted octanol–water partition coefficient (Wildman–Crippen LogP) is 5.85. The van der Waals surface area contributed by atoms with Crippen molar-refractivity contribution >= 4 is 51.9 Å². The first-order valence-corrected chi connectivity index (χ1v) is 13.8. The van der Waals surface area contributed by atoms with Crippen LogP contribution in [0.1, 0.15) is 52.8 Å². The molecule has 0 saturated heterocycles. The first kappa shape index (κ1) is 27.9. The van der Waals surface area contributed by atoms with Crippen LogP contribution >= 0.6 is 34.4 Å². The van der Waals surface area contributed by atoms with Crippen LogP contribution < -0.4 is 10.6 Å². The van der Waals surface area contributed by atoms with Crippen molar-refractivity contribution in [1.29, 1.82) is 0 Å². The summed E-state index contributed by atoms with van der Waals surface area (Å²) in [6, 6.07) is 11.2. The maximum atomic E-state index is 13.0. The lowest BCUT2D eigenvalue weighted by Crippen LogP contribution is -2.34. The summed E-state index contributed by atoms with van der Waals surface area (Å²) in [6.07, 6.45) is 1.76. The van der Waals surface area contributed by atoms with E-state index in [2.05, 4.69) is 50.0 Å². The smallest absolute Gasteiger partial charge is 0.251 e. The van der Waals surface area contributed by atoms with Gasteiger partial charge in [0.25, 0.3) is 5.91 Å². The predicted molar refractivity (Wildman–Crippen MR) is 154 cm³/mol. The molecule has 0 spiro atoms. The van der Waals surface area contributed by atoms with Gasteiger partial charge in [-0.1, -0.05) is 49.4 Å². The third-order valence-corrected chi connectivity index (χ3v) is 7.25. The van der Waals surface area contributed by atoms with Crippen LogP contribution in [0.15, 0.2) is 54.2 Å². The normalized spacial score (nSPS) is 11.9. The fourth-order valence-corrected chi connectivity index (χ4v) is 5.58. The number of rotatable bonds is 10. The molecule has 1 heterocycles. The van der Waals surface area contributed by atoms with E-state index in [1.165, 1.54) is 11.8 Å². The Balaban J connectivity index is 1.77. The van der Waals surface area contributed by atoms with E-state index in [0.29, 0.717) is 23.1 Å². The Morgan fingerprint density at radius 1 is 1.14 bits per heavy atom. The van der Waals surface area contributed by atoms with Crippen LogP contribution in [0.4, 0.5) is 5.69 Å². The van der Waals surface area contributed by atoms with Gasteiger partial charge in [-0.3, -0.25) is 9.59 Å². The fraction of sp³-hybridized carbons (Fsp3) is 0.333. The summed E-state index contributed by atoms with van der Waals surface area (Å²) < 4.78 is 3.04. The lowest BCUT2D eigenvalue weighted by atomic mass is 10.0. The molecule has 2 aromatic carbocycles. The largest absolute Gasteiger partial charge is 0.342 e. The van der Waals surface area contributed by atoms with Crippen molar-refractivity contribution in [1.82, 2.24) is 20.1 Å². The first-order chi connectivity index (χ1) is 17.1. The molecule has 1 atom stereocenters. The third kappa shape index (κ3) is 6.97. The number of halogens is 1. The Bertz CT molecular complexity index is 1250. The Labute approximate surface area is 230 Å². The molecular formula is C27H32IN5O2S. The molecule has 0 unspecified atom stereocenters. The molecule has 1 aromatic heterocycles. The van der Waals surface area contributed by atoms with E-state index < -0.39 is 0 Å². The van der Waals surface area contributed by atoms with Gasteiger partial charge in [-0.25, -0.2) is 0 Å². The molecule has 0 radical (unpaired) electrons. The average Bonchev–Trinajstić information content (AvgIpc) is 3.20. The molecule has 2 amide bonds. The van der Waals surface area contributed by atoms with Crippen LogP contribution in [0.5, 0.6) is 0 Å². The number of amides is 2. The molecule has 7 nitrogen and oxygen atoms in total. The monoisotopic (exact) mass is 617 g/mol. The lowest BCUT2D eigenvalue weighted by molar-refractivity contribution is -0.113. The van der Waals surface area contributed by atoms with Gasteiger partial charge in [0, 0.05) is 21.4 Å². The number of nitrogens with one attached hydrogen (secondary N) is 2. The Morgan fingerprint density at radius 2 is 1.83 bits per heavy atom. The summed E-state index contributed by atoms with van der Waals surface area (Å²) in [5.41, 5.74) is 4.51. The number of benzene rings is 2. The van der Waals surface area contributed by atoms with Crippen LogP contribution in [0.2, 0.25) is 0 Å². The Morgan fingerprint density at radius 3 is 2.44 bits per heavy atom. The zero-order valence-electron chi connectivity index (χ0n) is 21.3. The molecule has 9 heteroatoms. The van der Waals surface area contributed by atoms with E-state index >= 15 is 0 Å². The van der Waals surface area contributed by atoms with Crippen molar-refractivity contribution in [2.75, 3.05) is 11.1 Å². The highest BCUT2D eigenvalue weighted by Crippen LogP contribution is 2.27. The van der Waals surface area contributed by atoms with Gasteiger partial charge in [0.05, 0.1) is 11.8 Å². The molecular weight excluding hydrogens is 585 g/mol. The maximum absolute atomic E-state index is 13.0. The summed E-state index contributed by atoms with van der Waals surface area (Å²) in [4.78, 5) is 25.7. The van der Waals surface area contributed by atoms with E-state index in [1.54, 1.807) is 12.1 Å². The van der Waals surface area contributed by atoms with E-state index in [0.717, 1.165) is 25.9 Å². The zero-order valence-corrected chi connectivity index (χ0v) is 24.2. The number of aromatic nitrogens is 3. The minimum atomic E-state index is -0.356. The number of nitrogens with zero attached hydrogens (tertiary/aromatic N) is 3. The number of allylic oxidation sites excluding steroid dienone is 1. The second kappa shape index (κ2) is 12.5. The summed E-state index contributed by atoms with van der Waals surface area (Å²) in [5, 5.41) is 15.5. The molecule has 0 aliphatic heterocycles. The number of aryl methyl sites for hydroxylation is 3. The fourth-order valence-electron chi connectivity index (χ4n) is 3.89. The average molecular weight is 618 g/mol. The van der Waals surface area contributed by atoms with Gasteiger partial charge in [-0.2, -0.15) is 0 Å². The van der Waals surface area contributed by atoms with Gasteiger partial charge in [0.1, 0.15) is 0 Å². The topological polar surface area (TPSA) is 88.9 Å². The number of carbonyl (C=O) groups excluding carboxylic acids is 2. The SMILES string of the molecule is C=CCn1c(SCC(=O)Nc2c(C)cc(I)cc2C)nnc1[C@H](NC(=O)c1cccc(C)c1)C(C)C. The summed E-state index contributed by atoms with van der Waals surface area (Å²) in [7, 11) is 0. The number of hydrogen-bond acceptors (Lipinski definition) is 5. The van der Waals surface area contributed by atoms with Crippen molar-refractivity contribution in [3.8, 4) is 0 Å². The van der Waals surface area contributed by atoms with Crippen LogP contribution in [-0.4, -0.2) is 32.3 Å². The molecule has 0 saturated carbocycles. The van der Waals surface area contributed by atoms with Crippen LogP contribution in [0, 0.1) is 30.3 Å². The van der Waals surface area contributed by atoms with E-state index in [-0.39, 0.29) is 29.5 Å². The molecule has 3 rings (SSSR count). The Kier molecular flexibility index (Phi) is 9.72. The van der Waals surface area contributed by atoms with Crippen molar-refractivity contribution < 1.29 is 9.59 Å². The highest BCUT2D eigenvalue weighted by molar-refractivity contribution is 14.1. The first-order valence-electron chi connectivity index (χ1n) is 11.7. The Hall–Kier alpha value is -2.66. The summed E-state index contributed by atoms with van der Waals surface area (Å²) >= 11 is 3.58. The van der Waals surface area contributed by atoms with E-state index in [4.69, 9.17) is 0 Å². The lowest BCUT2D eigenvalue weighted by Gasteiger charge is -2.22. The van der Waals surface area contributed by atoms with Gasteiger partial charge < -0.3 is 15.2 Å². The molecule has 3 aromatic rings. The minimum absolute atomic E-state index is 0.0690. The molecule has 0 fully saturated rings. The molecule has 0 aliphatic rings. The van der Waals surface area contributed by atoms with Crippen LogP contribution in [0.3, 0.4) is 0 Å². The van der Waals surface area contributed by atoms with Gasteiger partial charge >= 0.3 is 0 Å². The van der Waals surface area contributed by atoms with Crippen LogP contribution in [-0.2, 0) is 11.3 Å². The van der Waals surface area contributed by atoms with Gasteiger partial charge in [-0.15, -0.1) is 16.8 Å². The van der Waals surface area contributed by atoms with Crippen molar-refractivity contribution in [2.45, 2.75) is 52.4 Å². The van der Waals surface area contributed by atoms with Crippen molar-refractivity contribution in [3.63, 3.8) is 0 Å². The minimum Gasteiger partial charge on any atom is -0.342 e. The molecule has 190 valence electrons. The molecule has 0 bridgehead atoms. The van der Waals surface area contributed by atoms with Crippen molar-refractivity contribution in [2.24, 2.45) is 5.92 Å². The summed E-state index contributed by atoms with van der Waals surface area (Å²) in [6.45, 7) is 14.3. The maximum Gasteiger partial charge on any atom is 0.251 e. The summed E-state index contributed by atoms with van der Waals surface area (Å²) in [5.74, 6) is 0.609. The highest BCUT2D eigenvalue weighted by atomic mass is 127. The number of hydrogen-bond donors (Lipinski definition) is 2. The molecule has 2 N–H and O–H groups in total. The third-order valence-electron chi connectivity index (χ3n) is 5.66. The zero-order chi connectivity index (χ0) is 26.4. The van der Waals surface area contributed by atoms with E-state index in [1.807, 2.05) is 69.5 Å². The van der Waals surface area contributed by atoms with E-state index in [9.17, 15) is 9.59 Å². The standard InChI is InChI=1S/C27H32IN5O2S/c1-7-11-33-25(23(16(2)3)30-26(35)20-10-8-9-17(4)12-20)31-32-27(33)36-15-22(34)29-24-18(5)13-21(28)14-19(24)6/h7-10,12-14,16,23H,1,11,15H2,2-6H3,(H,29,34)(H,30,35)/t23-/m1/s1. The number of thioether (sulfide) groups is 1. The quantitative estimate of drug-likeness (QED) is 0.169. The van der Waals surface area contributed by atoms with Gasteiger partial charge in [-0.05, 0) is 84.7 Å². The van der Waals surface area contributed by atoms with Crippen molar-refractivity contribution in [3.05, 3.63) is 80.7 Å². The van der Waals surface area contributed by atoms with Gasteiger partial charge in [0.2, 0.25) is 5.91 Å². The second-order valence-electron chi connectivity index (χ2n) is 9.06. The molecule has 0 aliphatic carbocycles.